The van der Waals surface area contributed by atoms with E-state index >= 15 is 0 Å². The molecule has 4 heteroatoms. The minimum Gasteiger partial charge on any atom is -0.335 e. The zero-order valence-electron chi connectivity index (χ0n) is 17.1. The van der Waals surface area contributed by atoms with Crippen LogP contribution < -0.4 is 0 Å². The van der Waals surface area contributed by atoms with E-state index < -0.39 is 0 Å². The third-order valence-electron chi connectivity index (χ3n) is 6.15. The van der Waals surface area contributed by atoms with Gasteiger partial charge in [0.15, 0.2) is 0 Å². The van der Waals surface area contributed by atoms with Gasteiger partial charge in [-0.15, -0.1) is 0 Å². The molecule has 1 aromatic heterocycles. The number of unbranched alkanes of at least 4 members (excludes halogenated alkanes) is 3. The minimum absolute atomic E-state index is 0.180. The van der Waals surface area contributed by atoms with E-state index in [-0.39, 0.29) is 11.6 Å². The van der Waals surface area contributed by atoms with Crippen molar-refractivity contribution in [3.63, 3.8) is 0 Å². The Morgan fingerprint density at radius 3 is 2.75 bits per heavy atom. The molecule has 2 heterocycles. The average Bonchev–Trinajstić information content (AvgIpc) is 3.33. The molecule has 148 valence electrons. The van der Waals surface area contributed by atoms with Crippen molar-refractivity contribution in [3.8, 4) is 0 Å². The maximum atomic E-state index is 6.37. The standard InChI is InChI=1S/C24H31N3O/c1-3-4-5-6-11-23-17-24(26(2)28-23,18-27-15-14-25-19-27)22-13-12-20-9-7-8-10-21(20)16-22/h7-10,12-16,19,23H,3-6,11,17-18H2,1-2H3. The third-order valence-corrected chi connectivity index (χ3v) is 6.15. The van der Waals surface area contributed by atoms with Crippen molar-refractivity contribution in [1.29, 1.82) is 0 Å². The second-order valence-electron chi connectivity index (χ2n) is 8.11. The van der Waals surface area contributed by atoms with Gasteiger partial charge in [-0.05, 0) is 28.8 Å². The molecule has 2 unspecified atom stereocenters. The van der Waals surface area contributed by atoms with Crippen molar-refractivity contribution in [2.75, 3.05) is 7.05 Å². The van der Waals surface area contributed by atoms with Crippen LogP contribution in [0.5, 0.6) is 0 Å². The van der Waals surface area contributed by atoms with Gasteiger partial charge in [-0.2, -0.15) is 5.06 Å². The average molecular weight is 378 g/mol. The van der Waals surface area contributed by atoms with Crippen LogP contribution in [-0.2, 0) is 16.9 Å². The van der Waals surface area contributed by atoms with E-state index in [1.807, 2.05) is 18.7 Å². The maximum Gasteiger partial charge on any atom is 0.0946 e. The van der Waals surface area contributed by atoms with Crippen LogP contribution in [-0.4, -0.2) is 27.8 Å². The van der Waals surface area contributed by atoms with Gasteiger partial charge in [-0.1, -0.05) is 69.0 Å². The molecule has 0 radical (unpaired) electrons. The second-order valence-corrected chi connectivity index (χ2v) is 8.11. The SMILES string of the molecule is CCCCCCC1CC(Cn2ccnc2)(c2ccc3ccccc3c2)N(C)O1. The van der Waals surface area contributed by atoms with Gasteiger partial charge < -0.3 is 4.57 Å². The number of likely N-dealkylation sites (N-methyl/N-ethyl adjacent to an activating group) is 1. The molecule has 1 fully saturated rings. The lowest BCUT2D eigenvalue weighted by molar-refractivity contribution is -0.176. The van der Waals surface area contributed by atoms with E-state index in [0.717, 1.165) is 19.4 Å². The van der Waals surface area contributed by atoms with E-state index in [9.17, 15) is 0 Å². The Kier molecular flexibility index (Phi) is 5.79. The van der Waals surface area contributed by atoms with Crippen LogP contribution in [0.3, 0.4) is 0 Å². The molecule has 3 aromatic rings. The summed E-state index contributed by atoms with van der Waals surface area (Å²) in [6.07, 6.45) is 13.3. The molecular weight excluding hydrogens is 346 g/mol. The van der Waals surface area contributed by atoms with Crippen molar-refractivity contribution in [1.82, 2.24) is 14.6 Å². The molecule has 4 rings (SSSR count). The lowest BCUT2D eigenvalue weighted by Crippen LogP contribution is -2.41. The molecule has 0 saturated carbocycles. The van der Waals surface area contributed by atoms with Gasteiger partial charge in [-0.25, -0.2) is 4.98 Å². The van der Waals surface area contributed by atoms with Gasteiger partial charge in [0, 0.05) is 32.4 Å². The van der Waals surface area contributed by atoms with Crippen LogP contribution in [0.4, 0.5) is 0 Å². The number of aromatic nitrogens is 2. The highest BCUT2D eigenvalue weighted by molar-refractivity contribution is 5.83. The van der Waals surface area contributed by atoms with Gasteiger partial charge in [0.2, 0.25) is 0 Å². The molecule has 28 heavy (non-hydrogen) atoms. The first-order chi connectivity index (χ1) is 13.7. The van der Waals surface area contributed by atoms with Crippen molar-refractivity contribution in [2.45, 2.75) is 63.6 Å². The van der Waals surface area contributed by atoms with Crippen LogP contribution in [0.25, 0.3) is 10.8 Å². The number of benzene rings is 2. The molecule has 1 aliphatic rings. The van der Waals surface area contributed by atoms with E-state index in [1.54, 1.807) is 0 Å². The monoisotopic (exact) mass is 377 g/mol. The fourth-order valence-corrected chi connectivity index (χ4v) is 4.54. The predicted molar refractivity (Wildman–Crippen MR) is 114 cm³/mol. The fraction of sp³-hybridized carbons (Fsp3) is 0.458. The molecule has 0 N–H and O–H groups in total. The molecule has 1 aliphatic heterocycles. The lowest BCUT2D eigenvalue weighted by atomic mass is 9.83. The van der Waals surface area contributed by atoms with Gasteiger partial charge >= 0.3 is 0 Å². The number of hydrogen-bond acceptors (Lipinski definition) is 3. The summed E-state index contributed by atoms with van der Waals surface area (Å²) in [5.74, 6) is 0. The summed E-state index contributed by atoms with van der Waals surface area (Å²) in [6.45, 7) is 3.10. The van der Waals surface area contributed by atoms with Crippen LogP contribution in [0.1, 0.15) is 51.0 Å². The van der Waals surface area contributed by atoms with Crippen LogP contribution in [0, 0.1) is 0 Å². The Hall–Kier alpha value is -2.17. The first-order valence-electron chi connectivity index (χ1n) is 10.6. The molecule has 0 spiro atoms. The molecule has 2 aromatic carbocycles. The van der Waals surface area contributed by atoms with E-state index in [0.29, 0.717) is 0 Å². The lowest BCUT2D eigenvalue weighted by Gasteiger charge is -2.35. The number of imidazole rings is 1. The van der Waals surface area contributed by atoms with Gasteiger partial charge in [0.05, 0.1) is 18.0 Å². The number of rotatable bonds is 8. The molecule has 2 atom stereocenters. The zero-order chi connectivity index (χ0) is 19.4. The number of nitrogens with zero attached hydrogens (tertiary/aromatic N) is 3. The highest BCUT2D eigenvalue weighted by Crippen LogP contribution is 2.43. The predicted octanol–water partition coefficient (Wildman–Crippen LogP) is 5.54. The Labute approximate surface area is 168 Å². The number of hydrogen-bond donors (Lipinski definition) is 0. The first-order valence-corrected chi connectivity index (χ1v) is 10.6. The minimum atomic E-state index is -0.180. The summed E-state index contributed by atoms with van der Waals surface area (Å²) in [6, 6.07) is 15.4. The summed E-state index contributed by atoms with van der Waals surface area (Å²) < 4.78 is 2.18. The Morgan fingerprint density at radius 2 is 1.96 bits per heavy atom. The van der Waals surface area contributed by atoms with Crippen LogP contribution in [0.15, 0.2) is 61.2 Å². The van der Waals surface area contributed by atoms with Crippen molar-refractivity contribution in [3.05, 3.63) is 66.7 Å². The van der Waals surface area contributed by atoms with Gasteiger partial charge in [0.1, 0.15) is 0 Å². The first kappa shape index (κ1) is 19.2. The van der Waals surface area contributed by atoms with E-state index in [4.69, 9.17) is 4.84 Å². The van der Waals surface area contributed by atoms with Crippen molar-refractivity contribution in [2.24, 2.45) is 0 Å². The van der Waals surface area contributed by atoms with Crippen molar-refractivity contribution < 1.29 is 4.84 Å². The highest BCUT2D eigenvalue weighted by Gasteiger charge is 2.46. The van der Waals surface area contributed by atoms with Crippen LogP contribution in [0.2, 0.25) is 0 Å². The molecule has 0 amide bonds. The Balaban J connectivity index is 1.64. The number of fused-ring (bicyclic) bond motifs is 1. The van der Waals surface area contributed by atoms with Gasteiger partial charge in [0.25, 0.3) is 0 Å². The van der Waals surface area contributed by atoms with Crippen LogP contribution >= 0.6 is 0 Å². The molecule has 0 bridgehead atoms. The van der Waals surface area contributed by atoms with E-state index in [2.05, 4.69) is 71.1 Å². The molecule has 0 aliphatic carbocycles. The molecular formula is C24H31N3O. The third kappa shape index (κ3) is 3.85. The summed E-state index contributed by atoms with van der Waals surface area (Å²) in [4.78, 5) is 10.6. The largest absolute Gasteiger partial charge is 0.335 e. The number of hydroxylamine groups is 2. The normalized spacial score (nSPS) is 22.9. The zero-order valence-corrected chi connectivity index (χ0v) is 17.1. The summed E-state index contributed by atoms with van der Waals surface area (Å²) in [5.41, 5.74) is 1.14. The fourth-order valence-electron chi connectivity index (χ4n) is 4.54. The molecule has 4 nitrogen and oxygen atoms in total. The Morgan fingerprint density at radius 1 is 1.11 bits per heavy atom. The Bertz CT molecular complexity index is 892. The summed E-state index contributed by atoms with van der Waals surface area (Å²) >= 11 is 0. The second kappa shape index (κ2) is 8.46. The molecule has 1 saturated heterocycles. The topological polar surface area (TPSA) is 30.3 Å². The summed E-state index contributed by atoms with van der Waals surface area (Å²) in [5, 5.41) is 4.67. The summed E-state index contributed by atoms with van der Waals surface area (Å²) in [7, 11) is 2.10. The maximum absolute atomic E-state index is 6.37. The van der Waals surface area contributed by atoms with E-state index in [1.165, 1.54) is 42.0 Å². The highest BCUT2D eigenvalue weighted by atomic mass is 16.7. The van der Waals surface area contributed by atoms with Gasteiger partial charge in [-0.3, -0.25) is 4.84 Å². The smallest absolute Gasteiger partial charge is 0.0946 e. The quantitative estimate of drug-likeness (QED) is 0.483. The van der Waals surface area contributed by atoms with Crippen molar-refractivity contribution >= 4 is 10.8 Å².